The minimum absolute atomic E-state index is 0.597. The molecule has 52 valence electrons. The van der Waals surface area contributed by atoms with Gasteiger partial charge in [-0.25, -0.2) is 0 Å². The highest BCUT2D eigenvalue weighted by Gasteiger charge is 1.89. The molecule has 2 heteroatoms. The summed E-state index contributed by atoms with van der Waals surface area (Å²) in [5.74, 6) is 0. The monoisotopic (exact) mass is 134 g/mol. The lowest BCUT2D eigenvalue weighted by molar-refractivity contribution is 1.35. The first-order valence-electron chi connectivity index (χ1n) is 2.94. The van der Waals surface area contributed by atoms with E-state index in [1.165, 1.54) is 12.4 Å². The molecular formula is C8H10N2. The van der Waals surface area contributed by atoms with Crippen LogP contribution in [-0.4, -0.2) is 6.21 Å². The molecule has 0 saturated heterocycles. The van der Waals surface area contributed by atoms with Crippen molar-refractivity contribution in [3.63, 3.8) is 0 Å². The van der Waals surface area contributed by atoms with Crippen LogP contribution in [0.2, 0.25) is 0 Å². The first kappa shape index (κ1) is 8.64. The zero-order chi connectivity index (χ0) is 7.98. The van der Waals surface area contributed by atoms with Gasteiger partial charge in [0.25, 0.3) is 0 Å². The summed E-state index contributed by atoms with van der Waals surface area (Å²) in [6.45, 7) is 7.13. The van der Waals surface area contributed by atoms with Crippen molar-refractivity contribution in [1.29, 1.82) is 5.26 Å². The zero-order valence-electron chi connectivity index (χ0n) is 6.26. The van der Waals surface area contributed by atoms with Gasteiger partial charge in [-0.3, -0.25) is 4.99 Å². The smallest absolute Gasteiger partial charge is 0.101 e. The lowest BCUT2D eigenvalue weighted by Crippen LogP contribution is -1.82. The van der Waals surface area contributed by atoms with Gasteiger partial charge in [0, 0.05) is 12.4 Å². The minimum Gasteiger partial charge on any atom is -0.264 e. The van der Waals surface area contributed by atoms with E-state index in [0.29, 0.717) is 5.57 Å². The van der Waals surface area contributed by atoms with Gasteiger partial charge in [-0.05, 0) is 13.8 Å². The van der Waals surface area contributed by atoms with E-state index in [2.05, 4.69) is 11.6 Å². The van der Waals surface area contributed by atoms with E-state index in [1.807, 2.05) is 19.9 Å². The van der Waals surface area contributed by atoms with E-state index in [0.717, 1.165) is 5.57 Å². The molecule has 0 radical (unpaired) electrons. The standard InChI is InChI=1S/C8H10N2/c1-4-10-6-8(5-9)7(2)3/h4,6H,1H2,2-3H3. The number of nitrogens with zero attached hydrogens (tertiary/aromatic N) is 2. The predicted molar refractivity (Wildman–Crippen MR) is 42.7 cm³/mol. The summed E-state index contributed by atoms with van der Waals surface area (Å²) in [4.78, 5) is 3.72. The SMILES string of the molecule is C=CN=CC(C#N)=C(C)C. The van der Waals surface area contributed by atoms with Crippen LogP contribution in [0.5, 0.6) is 0 Å². The fraction of sp³-hybridized carbons (Fsp3) is 0.250. The molecule has 0 aromatic heterocycles. The Kier molecular flexibility index (Phi) is 3.90. The maximum absolute atomic E-state index is 8.49. The highest BCUT2D eigenvalue weighted by Crippen LogP contribution is 1.97. The van der Waals surface area contributed by atoms with Crippen molar-refractivity contribution in [1.82, 2.24) is 0 Å². The summed E-state index contributed by atoms with van der Waals surface area (Å²) in [7, 11) is 0. The van der Waals surface area contributed by atoms with E-state index >= 15 is 0 Å². The molecule has 0 aromatic carbocycles. The van der Waals surface area contributed by atoms with E-state index in [4.69, 9.17) is 5.26 Å². The second kappa shape index (κ2) is 4.51. The van der Waals surface area contributed by atoms with Crippen LogP contribution in [-0.2, 0) is 0 Å². The van der Waals surface area contributed by atoms with Gasteiger partial charge >= 0.3 is 0 Å². The maximum Gasteiger partial charge on any atom is 0.101 e. The average molecular weight is 134 g/mol. The molecule has 0 aliphatic heterocycles. The second-order valence-electron chi connectivity index (χ2n) is 1.99. The molecule has 0 fully saturated rings. The minimum atomic E-state index is 0.597. The molecule has 0 atom stereocenters. The molecular weight excluding hydrogens is 124 g/mol. The lowest BCUT2D eigenvalue weighted by atomic mass is 10.2. The van der Waals surface area contributed by atoms with Gasteiger partial charge in [0.05, 0.1) is 5.57 Å². The number of rotatable bonds is 2. The number of nitriles is 1. The Labute approximate surface area is 61.2 Å². The van der Waals surface area contributed by atoms with Crippen LogP contribution in [0.15, 0.2) is 28.9 Å². The van der Waals surface area contributed by atoms with E-state index < -0.39 is 0 Å². The molecule has 0 bridgehead atoms. The van der Waals surface area contributed by atoms with Gasteiger partial charge in [-0.15, -0.1) is 0 Å². The van der Waals surface area contributed by atoms with Gasteiger partial charge in [0.1, 0.15) is 6.07 Å². The van der Waals surface area contributed by atoms with Crippen LogP contribution < -0.4 is 0 Å². The Morgan fingerprint density at radius 3 is 2.50 bits per heavy atom. The second-order valence-corrected chi connectivity index (χ2v) is 1.99. The molecule has 2 nitrogen and oxygen atoms in total. The number of aliphatic imine (C=N–C) groups is 1. The molecule has 0 aliphatic carbocycles. The first-order valence-corrected chi connectivity index (χ1v) is 2.94. The summed E-state index contributed by atoms with van der Waals surface area (Å²) < 4.78 is 0. The topological polar surface area (TPSA) is 36.1 Å². The Bertz CT molecular complexity index is 212. The number of hydrogen-bond donors (Lipinski definition) is 0. The Morgan fingerprint density at radius 2 is 2.20 bits per heavy atom. The summed E-state index contributed by atoms with van der Waals surface area (Å²) in [6.07, 6.45) is 2.91. The van der Waals surface area contributed by atoms with Crippen molar-refractivity contribution in [3.8, 4) is 6.07 Å². The van der Waals surface area contributed by atoms with Crippen molar-refractivity contribution < 1.29 is 0 Å². The van der Waals surface area contributed by atoms with Gasteiger partial charge in [0.15, 0.2) is 0 Å². The molecule has 0 heterocycles. The largest absolute Gasteiger partial charge is 0.264 e. The van der Waals surface area contributed by atoms with E-state index in [9.17, 15) is 0 Å². The Balaban J connectivity index is 4.43. The van der Waals surface area contributed by atoms with Gasteiger partial charge in [0.2, 0.25) is 0 Å². The Hall–Kier alpha value is -1.36. The fourth-order valence-electron chi connectivity index (χ4n) is 0.397. The van der Waals surface area contributed by atoms with Crippen molar-refractivity contribution in [3.05, 3.63) is 23.9 Å². The van der Waals surface area contributed by atoms with Crippen LogP contribution in [0.25, 0.3) is 0 Å². The highest BCUT2D eigenvalue weighted by molar-refractivity contribution is 5.84. The normalized spacial score (nSPS) is 8.90. The third-order valence-electron chi connectivity index (χ3n) is 0.968. The van der Waals surface area contributed by atoms with Crippen molar-refractivity contribution >= 4 is 6.21 Å². The van der Waals surface area contributed by atoms with Crippen molar-refractivity contribution in [2.45, 2.75) is 13.8 Å². The van der Waals surface area contributed by atoms with E-state index in [-0.39, 0.29) is 0 Å². The van der Waals surface area contributed by atoms with Crippen molar-refractivity contribution in [2.75, 3.05) is 0 Å². The van der Waals surface area contributed by atoms with Crippen LogP contribution in [0.1, 0.15) is 13.8 Å². The molecule has 0 saturated carbocycles. The van der Waals surface area contributed by atoms with Crippen LogP contribution >= 0.6 is 0 Å². The average Bonchev–Trinajstić information content (AvgIpc) is 1.89. The molecule has 0 aromatic rings. The molecule has 0 N–H and O–H groups in total. The predicted octanol–water partition coefficient (Wildman–Crippen LogP) is 2.06. The zero-order valence-corrected chi connectivity index (χ0v) is 6.26. The summed E-state index contributed by atoms with van der Waals surface area (Å²) in [6, 6.07) is 2.02. The number of allylic oxidation sites excluding steroid dienone is 2. The fourth-order valence-corrected chi connectivity index (χ4v) is 0.397. The molecule has 0 aliphatic rings. The van der Waals surface area contributed by atoms with Gasteiger partial charge in [-0.1, -0.05) is 12.2 Å². The highest BCUT2D eigenvalue weighted by atomic mass is 14.7. The maximum atomic E-state index is 8.49. The molecule has 0 unspecified atom stereocenters. The molecule has 0 rings (SSSR count). The van der Waals surface area contributed by atoms with Crippen molar-refractivity contribution in [2.24, 2.45) is 4.99 Å². The first-order chi connectivity index (χ1) is 4.72. The van der Waals surface area contributed by atoms with Crippen LogP contribution in [0, 0.1) is 11.3 Å². The van der Waals surface area contributed by atoms with Crippen LogP contribution in [0.4, 0.5) is 0 Å². The molecule has 10 heavy (non-hydrogen) atoms. The lowest BCUT2D eigenvalue weighted by Gasteiger charge is -1.88. The third-order valence-corrected chi connectivity index (χ3v) is 0.968. The summed E-state index contributed by atoms with van der Waals surface area (Å²) in [5.41, 5.74) is 1.56. The quantitative estimate of drug-likeness (QED) is 0.420. The molecule has 0 amide bonds. The summed E-state index contributed by atoms with van der Waals surface area (Å²) in [5, 5.41) is 8.49. The number of hydrogen-bond acceptors (Lipinski definition) is 2. The van der Waals surface area contributed by atoms with Crippen LogP contribution in [0.3, 0.4) is 0 Å². The van der Waals surface area contributed by atoms with E-state index in [1.54, 1.807) is 0 Å². The summed E-state index contributed by atoms with van der Waals surface area (Å²) >= 11 is 0. The molecule has 0 spiro atoms. The Morgan fingerprint density at radius 1 is 1.60 bits per heavy atom. The van der Waals surface area contributed by atoms with Gasteiger partial charge in [-0.2, -0.15) is 5.26 Å². The van der Waals surface area contributed by atoms with Gasteiger partial charge < -0.3 is 0 Å². The third kappa shape index (κ3) is 2.83.